The predicted octanol–water partition coefficient (Wildman–Crippen LogP) is 5.48. The molecule has 8 heteroatoms. The van der Waals surface area contributed by atoms with Crippen LogP contribution in [0.15, 0.2) is 78.4 Å². The molecule has 2 aliphatic heterocycles. The second-order valence-corrected chi connectivity index (χ2v) is 9.94. The van der Waals surface area contributed by atoms with Gasteiger partial charge in [-0.2, -0.15) is 5.10 Å². The monoisotopic (exact) mass is 503 g/mol. The number of ether oxygens (including phenoxy) is 2. The Kier molecular flexibility index (Phi) is 7.13. The van der Waals surface area contributed by atoms with Gasteiger partial charge in [-0.25, -0.2) is 4.68 Å². The summed E-state index contributed by atoms with van der Waals surface area (Å²) in [5.74, 6) is 0.676. The van der Waals surface area contributed by atoms with E-state index >= 15 is 0 Å². The van der Waals surface area contributed by atoms with Crippen molar-refractivity contribution in [2.45, 2.75) is 18.9 Å². The normalized spacial score (nSPS) is 19.0. The minimum Gasteiger partial charge on any atom is -0.490 e. The Hall–Kier alpha value is -3.20. The molecule has 2 saturated heterocycles. The Morgan fingerprint density at radius 1 is 1.20 bits per heavy atom. The highest BCUT2D eigenvalue weighted by atomic mass is 32.2. The number of nitrogens with zero attached hydrogens (tertiary/aromatic N) is 3. The van der Waals surface area contributed by atoms with Gasteiger partial charge in [0.15, 0.2) is 0 Å². The van der Waals surface area contributed by atoms with Gasteiger partial charge in [-0.3, -0.25) is 9.69 Å². The van der Waals surface area contributed by atoms with Crippen molar-refractivity contribution >= 4 is 40.3 Å². The highest BCUT2D eigenvalue weighted by Gasteiger charge is 2.35. The molecule has 0 saturated carbocycles. The van der Waals surface area contributed by atoms with Crippen LogP contribution in [0.5, 0.6) is 5.75 Å². The number of rotatable bonds is 8. The molecule has 1 aromatic heterocycles. The lowest BCUT2D eigenvalue weighted by molar-refractivity contribution is -0.123. The number of carbonyl (C=O) groups excluding carboxylic acids is 1. The van der Waals surface area contributed by atoms with Gasteiger partial charge < -0.3 is 9.47 Å². The van der Waals surface area contributed by atoms with E-state index in [-0.39, 0.29) is 12.0 Å². The molecule has 178 valence electrons. The molecule has 1 amide bonds. The van der Waals surface area contributed by atoms with E-state index in [1.54, 1.807) is 11.0 Å². The highest BCUT2D eigenvalue weighted by molar-refractivity contribution is 8.26. The highest BCUT2D eigenvalue weighted by Crippen LogP contribution is 2.36. The van der Waals surface area contributed by atoms with E-state index in [0.29, 0.717) is 22.4 Å². The van der Waals surface area contributed by atoms with Crippen molar-refractivity contribution in [3.8, 4) is 22.7 Å². The molecule has 3 aromatic rings. The van der Waals surface area contributed by atoms with Gasteiger partial charge in [-0.1, -0.05) is 54.8 Å². The molecule has 0 aliphatic carbocycles. The summed E-state index contributed by atoms with van der Waals surface area (Å²) in [5.41, 5.74) is 3.47. The van der Waals surface area contributed by atoms with E-state index in [9.17, 15) is 4.79 Å². The number of amides is 1. The number of para-hydroxylation sites is 1. The molecule has 3 heterocycles. The lowest BCUT2D eigenvalue weighted by atomic mass is 10.1. The number of aromatic nitrogens is 2. The third kappa shape index (κ3) is 5.24. The number of benzene rings is 2. The first kappa shape index (κ1) is 23.5. The number of carbonyl (C=O) groups is 1. The molecule has 2 fully saturated rings. The zero-order valence-electron chi connectivity index (χ0n) is 19.1. The van der Waals surface area contributed by atoms with Crippen LogP contribution >= 0.6 is 24.0 Å². The number of hydrogen-bond acceptors (Lipinski definition) is 6. The Labute approximate surface area is 214 Å². The average Bonchev–Trinajstić information content (AvgIpc) is 3.61. The summed E-state index contributed by atoms with van der Waals surface area (Å²) in [6, 6.07) is 17.6. The fourth-order valence-electron chi connectivity index (χ4n) is 4.09. The summed E-state index contributed by atoms with van der Waals surface area (Å²) in [6.45, 7) is 5.38. The van der Waals surface area contributed by atoms with Gasteiger partial charge in [0.25, 0.3) is 5.91 Å². The first-order valence-electron chi connectivity index (χ1n) is 11.5. The second kappa shape index (κ2) is 10.6. The van der Waals surface area contributed by atoms with Crippen molar-refractivity contribution < 1.29 is 14.3 Å². The Morgan fingerprint density at radius 2 is 2.00 bits per heavy atom. The summed E-state index contributed by atoms with van der Waals surface area (Å²) >= 11 is 6.86. The van der Waals surface area contributed by atoms with E-state index in [2.05, 4.69) is 6.58 Å². The van der Waals surface area contributed by atoms with Crippen molar-refractivity contribution in [1.29, 1.82) is 0 Å². The van der Waals surface area contributed by atoms with E-state index < -0.39 is 0 Å². The van der Waals surface area contributed by atoms with Gasteiger partial charge >= 0.3 is 0 Å². The van der Waals surface area contributed by atoms with Crippen LogP contribution in [0.1, 0.15) is 18.4 Å². The smallest absolute Gasteiger partial charge is 0.266 e. The van der Waals surface area contributed by atoms with Crippen LogP contribution in [0.4, 0.5) is 0 Å². The molecule has 0 radical (unpaired) electrons. The van der Waals surface area contributed by atoms with Crippen LogP contribution in [0, 0.1) is 0 Å². The van der Waals surface area contributed by atoms with Gasteiger partial charge in [0.2, 0.25) is 0 Å². The molecule has 6 nitrogen and oxygen atoms in total. The van der Waals surface area contributed by atoms with Crippen LogP contribution in [-0.2, 0) is 9.53 Å². The van der Waals surface area contributed by atoms with Crippen molar-refractivity contribution in [2.24, 2.45) is 0 Å². The van der Waals surface area contributed by atoms with E-state index in [1.165, 1.54) is 11.8 Å². The topological polar surface area (TPSA) is 56.6 Å². The standard InChI is InChI=1S/C27H25N3O3S2/c1-2-14-32-22-12-10-19(11-13-22)25-20(17-30(28-25)21-7-4-3-5-8-21)16-24-26(31)29(27(34)35-24)18-23-9-6-15-33-23/h2-5,7-8,10-13,16-17,23H,1,6,9,14-15,18H2/b24-16-. The minimum atomic E-state index is -0.0814. The summed E-state index contributed by atoms with van der Waals surface area (Å²) in [4.78, 5) is 15.5. The van der Waals surface area contributed by atoms with Crippen molar-refractivity contribution in [3.05, 3.63) is 83.9 Å². The maximum Gasteiger partial charge on any atom is 0.266 e. The maximum absolute atomic E-state index is 13.2. The summed E-state index contributed by atoms with van der Waals surface area (Å²) in [7, 11) is 0. The molecule has 0 bridgehead atoms. The molecular formula is C27H25N3O3S2. The van der Waals surface area contributed by atoms with Crippen LogP contribution in [0.2, 0.25) is 0 Å². The lowest BCUT2D eigenvalue weighted by Gasteiger charge is -2.18. The molecule has 0 N–H and O–H groups in total. The number of hydrogen-bond donors (Lipinski definition) is 0. The van der Waals surface area contributed by atoms with Gasteiger partial charge in [-0.05, 0) is 55.3 Å². The first-order chi connectivity index (χ1) is 17.1. The zero-order valence-corrected chi connectivity index (χ0v) is 20.8. The van der Waals surface area contributed by atoms with Crippen molar-refractivity contribution in [2.75, 3.05) is 19.8 Å². The Balaban J connectivity index is 1.48. The quantitative estimate of drug-likeness (QED) is 0.230. The van der Waals surface area contributed by atoms with Gasteiger partial charge in [-0.15, -0.1) is 0 Å². The molecule has 1 atom stereocenters. The minimum absolute atomic E-state index is 0.0510. The van der Waals surface area contributed by atoms with Gasteiger partial charge in [0.05, 0.1) is 28.9 Å². The molecule has 1 unspecified atom stereocenters. The summed E-state index contributed by atoms with van der Waals surface area (Å²) in [5, 5.41) is 4.86. The second-order valence-electron chi connectivity index (χ2n) is 8.26. The third-order valence-corrected chi connectivity index (χ3v) is 7.21. The maximum atomic E-state index is 13.2. The molecule has 35 heavy (non-hydrogen) atoms. The Morgan fingerprint density at radius 3 is 2.71 bits per heavy atom. The number of thiocarbonyl (C=S) groups is 1. The predicted molar refractivity (Wildman–Crippen MR) is 144 cm³/mol. The SMILES string of the molecule is C=CCOc1ccc(-c2nn(-c3ccccc3)cc2/C=C2\SC(=S)N(CC3CCCO3)C2=O)cc1. The fourth-order valence-corrected chi connectivity index (χ4v) is 5.35. The van der Waals surface area contributed by atoms with E-state index in [4.69, 9.17) is 26.8 Å². The molecule has 2 aromatic carbocycles. The van der Waals surface area contributed by atoms with E-state index in [0.717, 1.165) is 47.7 Å². The third-order valence-electron chi connectivity index (χ3n) is 5.83. The van der Waals surface area contributed by atoms with Crippen molar-refractivity contribution in [3.63, 3.8) is 0 Å². The van der Waals surface area contributed by atoms with E-state index in [1.807, 2.05) is 71.6 Å². The van der Waals surface area contributed by atoms with Crippen LogP contribution in [0.25, 0.3) is 23.0 Å². The summed E-state index contributed by atoms with van der Waals surface area (Å²) < 4.78 is 13.7. The molecular weight excluding hydrogens is 478 g/mol. The average molecular weight is 504 g/mol. The molecule has 2 aliphatic rings. The first-order valence-corrected chi connectivity index (χ1v) is 12.7. The van der Waals surface area contributed by atoms with Crippen LogP contribution in [0.3, 0.4) is 0 Å². The van der Waals surface area contributed by atoms with Crippen LogP contribution in [-0.4, -0.2) is 50.8 Å². The van der Waals surface area contributed by atoms with Crippen molar-refractivity contribution in [1.82, 2.24) is 14.7 Å². The largest absolute Gasteiger partial charge is 0.490 e. The lowest BCUT2D eigenvalue weighted by Crippen LogP contribution is -2.35. The summed E-state index contributed by atoms with van der Waals surface area (Å²) in [6.07, 6.45) is 7.57. The molecule has 0 spiro atoms. The Bertz CT molecular complexity index is 1260. The number of thioether (sulfide) groups is 1. The molecule has 5 rings (SSSR count). The zero-order chi connectivity index (χ0) is 24.2. The van der Waals surface area contributed by atoms with Gasteiger partial charge in [0, 0.05) is 23.9 Å². The fraction of sp³-hybridized carbons (Fsp3) is 0.222. The van der Waals surface area contributed by atoms with Crippen LogP contribution < -0.4 is 4.74 Å². The van der Waals surface area contributed by atoms with Gasteiger partial charge in [0.1, 0.15) is 16.7 Å².